The first-order valence-corrected chi connectivity index (χ1v) is 9.74. The van der Waals surface area contributed by atoms with Crippen molar-refractivity contribution in [2.45, 2.75) is 44.2 Å². The summed E-state index contributed by atoms with van der Waals surface area (Å²) in [5, 5.41) is 3.09. The first kappa shape index (κ1) is 18.4. The molecule has 1 heterocycles. The van der Waals surface area contributed by atoms with Crippen LogP contribution in [0.25, 0.3) is 0 Å². The maximum Gasteiger partial charge on any atom is 0.230 e. The van der Waals surface area contributed by atoms with Gasteiger partial charge in [-0.25, -0.2) is 9.37 Å². The lowest BCUT2D eigenvalue weighted by Gasteiger charge is -2.28. The molecule has 0 atom stereocenters. The predicted octanol–water partition coefficient (Wildman–Crippen LogP) is 4.20. The van der Waals surface area contributed by atoms with Crippen LogP contribution in [0.1, 0.15) is 42.4 Å². The zero-order valence-corrected chi connectivity index (χ0v) is 15.8. The third-order valence-corrected chi connectivity index (χ3v) is 5.67. The summed E-state index contributed by atoms with van der Waals surface area (Å²) >= 11 is 0. The van der Waals surface area contributed by atoms with E-state index in [4.69, 9.17) is 0 Å². The van der Waals surface area contributed by atoms with Gasteiger partial charge in [-0.1, -0.05) is 49.2 Å². The predicted molar refractivity (Wildman–Crippen MR) is 106 cm³/mol. The van der Waals surface area contributed by atoms with Gasteiger partial charge in [0.1, 0.15) is 5.82 Å². The Morgan fingerprint density at radius 2 is 1.86 bits per heavy atom. The molecule has 1 fully saturated rings. The number of carbonyl (C=O) groups is 1. The number of hydrogen-bond acceptors (Lipinski definition) is 2. The molecule has 4 nitrogen and oxygen atoms in total. The van der Waals surface area contributed by atoms with E-state index in [0.29, 0.717) is 6.54 Å². The minimum atomic E-state index is -0.608. The number of halogens is 1. The summed E-state index contributed by atoms with van der Waals surface area (Å²) in [4.78, 5) is 17.1. The Balaban J connectivity index is 1.42. The second-order valence-electron chi connectivity index (χ2n) is 7.53. The van der Waals surface area contributed by atoms with E-state index in [0.717, 1.165) is 43.4 Å². The Hall–Kier alpha value is -2.95. The van der Waals surface area contributed by atoms with E-state index in [1.807, 2.05) is 29.0 Å². The second kappa shape index (κ2) is 7.97. The van der Waals surface area contributed by atoms with Crippen molar-refractivity contribution in [3.63, 3.8) is 0 Å². The molecule has 4 rings (SSSR count). The third kappa shape index (κ3) is 3.84. The van der Waals surface area contributed by atoms with Gasteiger partial charge in [-0.3, -0.25) is 4.79 Å². The van der Waals surface area contributed by atoms with Crippen LogP contribution in [-0.2, 0) is 23.3 Å². The van der Waals surface area contributed by atoms with Gasteiger partial charge in [-0.2, -0.15) is 0 Å². The van der Waals surface area contributed by atoms with Crippen molar-refractivity contribution in [2.75, 3.05) is 0 Å². The van der Waals surface area contributed by atoms with Gasteiger partial charge < -0.3 is 9.88 Å². The maximum atomic E-state index is 13.7. The van der Waals surface area contributed by atoms with Crippen LogP contribution in [-0.4, -0.2) is 15.5 Å². The fourth-order valence-electron chi connectivity index (χ4n) is 4.12. The van der Waals surface area contributed by atoms with Gasteiger partial charge in [0, 0.05) is 25.5 Å². The van der Waals surface area contributed by atoms with Crippen LogP contribution in [0, 0.1) is 5.82 Å². The van der Waals surface area contributed by atoms with E-state index < -0.39 is 5.41 Å². The van der Waals surface area contributed by atoms with Gasteiger partial charge in [0.05, 0.1) is 11.7 Å². The average Bonchev–Trinajstić information content (AvgIpc) is 3.40. The minimum Gasteiger partial charge on any atom is -0.351 e. The van der Waals surface area contributed by atoms with Crippen molar-refractivity contribution in [1.29, 1.82) is 0 Å². The van der Waals surface area contributed by atoms with Crippen molar-refractivity contribution in [3.05, 3.63) is 89.8 Å². The standard InChI is InChI=1S/C23H24FN3O/c24-21-5-3-4-20(14-21)23(10-1-2-11-23)22(28)26-15-18-6-8-19(9-7-18)16-27-13-12-25-17-27/h3-9,12-14,17H,1-2,10-11,15-16H2,(H,26,28). The number of hydrogen-bond donors (Lipinski definition) is 1. The topological polar surface area (TPSA) is 46.9 Å². The highest BCUT2D eigenvalue weighted by Crippen LogP contribution is 2.41. The van der Waals surface area contributed by atoms with Gasteiger partial charge in [0.2, 0.25) is 5.91 Å². The smallest absolute Gasteiger partial charge is 0.230 e. The Labute approximate surface area is 164 Å². The zero-order chi connectivity index (χ0) is 19.4. The van der Waals surface area contributed by atoms with Gasteiger partial charge in [-0.05, 0) is 41.7 Å². The van der Waals surface area contributed by atoms with E-state index in [2.05, 4.69) is 22.4 Å². The number of carbonyl (C=O) groups excluding carboxylic acids is 1. The maximum absolute atomic E-state index is 13.7. The van der Waals surface area contributed by atoms with Gasteiger partial charge in [0.15, 0.2) is 0 Å². The summed E-state index contributed by atoms with van der Waals surface area (Å²) < 4.78 is 15.8. The molecule has 1 aromatic heterocycles. The van der Waals surface area contributed by atoms with Crippen LogP contribution >= 0.6 is 0 Å². The molecular weight excluding hydrogens is 353 g/mol. The largest absolute Gasteiger partial charge is 0.351 e. The molecule has 0 unspecified atom stereocenters. The summed E-state index contributed by atoms with van der Waals surface area (Å²) in [6, 6.07) is 14.7. The zero-order valence-electron chi connectivity index (χ0n) is 15.8. The number of rotatable bonds is 6. The van der Waals surface area contributed by atoms with Crippen molar-refractivity contribution < 1.29 is 9.18 Å². The fourth-order valence-corrected chi connectivity index (χ4v) is 4.12. The van der Waals surface area contributed by atoms with Crippen molar-refractivity contribution in [1.82, 2.24) is 14.9 Å². The normalized spacial score (nSPS) is 15.5. The lowest BCUT2D eigenvalue weighted by molar-refractivity contribution is -0.126. The molecule has 0 aliphatic heterocycles. The van der Waals surface area contributed by atoms with E-state index in [1.165, 1.54) is 17.7 Å². The summed E-state index contributed by atoms with van der Waals surface area (Å²) in [5.74, 6) is -0.289. The summed E-state index contributed by atoms with van der Waals surface area (Å²) in [6.45, 7) is 1.25. The number of nitrogens with one attached hydrogen (secondary N) is 1. The van der Waals surface area contributed by atoms with E-state index in [1.54, 1.807) is 18.6 Å². The molecular formula is C23H24FN3O. The monoisotopic (exact) mass is 377 g/mol. The Morgan fingerprint density at radius 3 is 2.54 bits per heavy atom. The quantitative estimate of drug-likeness (QED) is 0.700. The molecule has 1 saturated carbocycles. The van der Waals surface area contributed by atoms with E-state index >= 15 is 0 Å². The van der Waals surface area contributed by atoms with E-state index in [-0.39, 0.29) is 11.7 Å². The van der Waals surface area contributed by atoms with Crippen LogP contribution in [0.5, 0.6) is 0 Å². The molecule has 1 aliphatic carbocycles. The van der Waals surface area contributed by atoms with Crippen molar-refractivity contribution in [3.8, 4) is 0 Å². The lowest BCUT2D eigenvalue weighted by atomic mass is 9.78. The molecule has 0 saturated heterocycles. The summed E-state index contributed by atoms with van der Waals surface area (Å²) in [5.41, 5.74) is 2.41. The molecule has 1 amide bonds. The Bertz CT molecular complexity index is 929. The van der Waals surface area contributed by atoms with E-state index in [9.17, 15) is 9.18 Å². The summed E-state index contributed by atoms with van der Waals surface area (Å²) in [7, 11) is 0. The van der Waals surface area contributed by atoms with Crippen LogP contribution in [0.3, 0.4) is 0 Å². The summed E-state index contributed by atoms with van der Waals surface area (Å²) in [6.07, 6.45) is 9.02. The number of nitrogens with zero attached hydrogens (tertiary/aromatic N) is 2. The van der Waals surface area contributed by atoms with Crippen LogP contribution in [0.4, 0.5) is 4.39 Å². The first-order chi connectivity index (χ1) is 13.7. The lowest BCUT2D eigenvalue weighted by Crippen LogP contribution is -2.42. The minimum absolute atomic E-state index is 0.00177. The van der Waals surface area contributed by atoms with Crippen LogP contribution < -0.4 is 5.32 Å². The molecule has 5 heteroatoms. The van der Waals surface area contributed by atoms with Crippen molar-refractivity contribution >= 4 is 5.91 Å². The molecule has 28 heavy (non-hydrogen) atoms. The number of benzene rings is 2. The fraction of sp³-hybridized carbons (Fsp3) is 0.304. The number of imidazole rings is 1. The number of aromatic nitrogens is 2. The second-order valence-corrected chi connectivity index (χ2v) is 7.53. The van der Waals surface area contributed by atoms with Gasteiger partial charge in [0.25, 0.3) is 0 Å². The van der Waals surface area contributed by atoms with Gasteiger partial charge >= 0.3 is 0 Å². The molecule has 2 aromatic carbocycles. The van der Waals surface area contributed by atoms with Crippen LogP contribution in [0.15, 0.2) is 67.3 Å². The third-order valence-electron chi connectivity index (χ3n) is 5.67. The highest BCUT2D eigenvalue weighted by Gasteiger charge is 2.42. The average molecular weight is 377 g/mol. The SMILES string of the molecule is O=C(NCc1ccc(Cn2ccnc2)cc1)C1(c2cccc(F)c2)CCCC1. The highest BCUT2D eigenvalue weighted by atomic mass is 19.1. The molecule has 0 radical (unpaired) electrons. The molecule has 1 N–H and O–H groups in total. The Morgan fingerprint density at radius 1 is 1.11 bits per heavy atom. The van der Waals surface area contributed by atoms with Crippen molar-refractivity contribution in [2.24, 2.45) is 0 Å². The molecule has 0 spiro atoms. The number of amides is 1. The molecule has 1 aliphatic rings. The highest BCUT2D eigenvalue weighted by molar-refractivity contribution is 5.88. The van der Waals surface area contributed by atoms with Gasteiger partial charge in [-0.15, -0.1) is 0 Å². The molecule has 0 bridgehead atoms. The molecule has 144 valence electrons. The van der Waals surface area contributed by atoms with Crippen LogP contribution in [0.2, 0.25) is 0 Å². The molecule has 3 aromatic rings. The first-order valence-electron chi connectivity index (χ1n) is 9.74. The Kier molecular flexibility index (Phi) is 5.24.